The van der Waals surface area contributed by atoms with Crippen LogP contribution < -0.4 is 0 Å². The first-order valence-corrected chi connectivity index (χ1v) is 9.71. The van der Waals surface area contributed by atoms with Crippen molar-refractivity contribution in [2.24, 2.45) is 0 Å². The maximum absolute atomic E-state index is 4.90. The van der Waals surface area contributed by atoms with Gasteiger partial charge in [0, 0.05) is 35.4 Å². The fourth-order valence-corrected chi connectivity index (χ4v) is 3.44. The van der Waals surface area contributed by atoms with Gasteiger partial charge in [-0.3, -0.25) is 15.0 Å². The highest BCUT2D eigenvalue weighted by atomic mass is 15.0. The molecule has 0 aliphatic carbocycles. The van der Waals surface area contributed by atoms with Gasteiger partial charge in [-0.05, 0) is 62.2 Å². The van der Waals surface area contributed by atoms with E-state index in [0.717, 1.165) is 51.8 Å². The van der Waals surface area contributed by atoms with Crippen LogP contribution in [-0.4, -0.2) is 24.3 Å². The molecule has 5 heterocycles. The fraction of sp³-hybridized carbons (Fsp3) is 0.217. The number of aryl methyl sites for hydroxylation is 3. The first-order valence-electron chi connectivity index (χ1n) is 9.71. The zero-order valence-electron chi connectivity index (χ0n) is 16.4. The van der Waals surface area contributed by atoms with E-state index < -0.39 is 0 Å². The zero-order chi connectivity index (χ0) is 19.5. The molecular weight excluding hydrogens is 346 g/mol. The minimum atomic E-state index is 0.853. The number of rotatable bonds is 3. The van der Waals surface area contributed by atoms with Crippen LogP contribution in [0.1, 0.15) is 30.9 Å². The number of hydrogen-bond donors (Lipinski definition) is 0. The molecule has 0 radical (unpaired) electrons. The Morgan fingerprint density at radius 3 is 2.43 bits per heavy atom. The molecule has 5 nitrogen and oxygen atoms in total. The molecule has 5 aromatic heterocycles. The Bertz CT molecular complexity index is 1260. The summed E-state index contributed by atoms with van der Waals surface area (Å²) in [7, 11) is 0. The molecule has 0 spiro atoms. The van der Waals surface area contributed by atoms with E-state index in [-0.39, 0.29) is 0 Å². The van der Waals surface area contributed by atoms with Crippen LogP contribution in [0.5, 0.6) is 0 Å². The van der Waals surface area contributed by atoms with Gasteiger partial charge in [-0.2, -0.15) is 0 Å². The molecule has 0 atom stereocenters. The Hall–Kier alpha value is -3.34. The maximum Gasteiger partial charge on any atom is 0.146 e. The summed E-state index contributed by atoms with van der Waals surface area (Å²) < 4.78 is 2.15. The molecule has 0 aliphatic heterocycles. The molecule has 28 heavy (non-hydrogen) atoms. The summed E-state index contributed by atoms with van der Waals surface area (Å²) in [5.74, 6) is 0. The topological polar surface area (TPSA) is 56.0 Å². The lowest BCUT2D eigenvalue weighted by atomic mass is 10.1. The van der Waals surface area contributed by atoms with Crippen LogP contribution in [0.2, 0.25) is 0 Å². The summed E-state index contributed by atoms with van der Waals surface area (Å²) in [4.78, 5) is 18.4. The van der Waals surface area contributed by atoms with Crippen LogP contribution in [0.3, 0.4) is 0 Å². The van der Waals surface area contributed by atoms with Gasteiger partial charge < -0.3 is 4.40 Å². The van der Waals surface area contributed by atoms with Crippen molar-refractivity contribution in [1.82, 2.24) is 24.3 Å². The number of aromatic nitrogens is 5. The molecule has 0 aromatic carbocycles. The Morgan fingerprint density at radius 2 is 1.57 bits per heavy atom. The molecular formula is C23H23N5. The Morgan fingerprint density at radius 1 is 0.786 bits per heavy atom. The molecule has 0 bridgehead atoms. The first kappa shape index (κ1) is 18.0. The van der Waals surface area contributed by atoms with Gasteiger partial charge in [-0.25, -0.2) is 4.98 Å². The van der Waals surface area contributed by atoms with Gasteiger partial charge in [-0.1, -0.05) is 13.8 Å². The summed E-state index contributed by atoms with van der Waals surface area (Å²) in [5.41, 5.74) is 7.16. The minimum Gasteiger partial charge on any atom is -0.303 e. The van der Waals surface area contributed by atoms with Crippen molar-refractivity contribution in [1.29, 1.82) is 0 Å². The van der Waals surface area contributed by atoms with Gasteiger partial charge in [0.05, 0.1) is 22.2 Å². The van der Waals surface area contributed by atoms with Crippen molar-refractivity contribution < 1.29 is 0 Å². The molecule has 0 unspecified atom stereocenters. The Kier molecular flexibility index (Phi) is 4.98. The van der Waals surface area contributed by atoms with Gasteiger partial charge >= 0.3 is 0 Å². The highest BCUT2D eigenvalue weighted by Gasteiger charge is 2.11. The molecule has 5 aromatic rings. The van der Waals surface area contributed by atoms with Crippen molar-refractivity contribution in [2.75, 3.05) is 0 Å². The van der Waals surface area contributed by atoms with Crippen molar-refractivity contribution >= 4 is 27.6 Å². The average molecular weight is 369 g/mol. The van der Waals surface area contributed by atoms with Crippen molar-refractivity contribution in [3.8, 4) is 0 Å². The number of imidazole rings is 1. The van der Waals surface area contributed by atoms with Crippen LogP contribution in [0.15, 0.2) is 61.1 Å². The first-order chi connectivity index (χ1) is 13.8. The summed E-state index contributed by atoms with van der Waals surface area (Å²) in [6.45, 7) is 6.12. The van der Waals surface area contributed by atoms with E-state index in [1.54, 1.807) is 6.20 Å². The normalized spacial score (nSPS) is 11.0. The lowest BCUT2D eigenvalue weighted by Gasteiger charge is -2.02. The summed E-state index contributed by atoms with van der Waals surface area (Å²) >= 11 is 0. The van der Waals surface area contributed by atoms with Gasteiger partial charge in [0.1, 0.15) is 5.65 Å². The molecule has 0 saturated heterocycles. The number of fused-ring (bicyclic) bond motifs is 4. The van der Waals surface area contributed by atoms with Gasteiger partial charge in [0.2, 0.25) is 0 Å². The largest absolute Gasteiger partial charge is 0.303 e. The fourth-order valence-electron chi connectivity index (χ4n) is 3.44. The van der Waals surface area contributed by atoms with Crippen LogP contribution in [0.25, 0.3) is 27.6 Å². The van der Waals surface area contributed by atoms with Crippen LogP contribution in [0.4, 0.5) is 0 Å². The van der Waals surface area contributed by atoms with Gasteiger partial charge in [0.25, 0.3) is 0 Å². The standard InChI is InChI=1S/C21H17N5.C2H6/c1-14-17(8-6-15-7-9-19-20(24-15)5-3-12-23-19)25-21-16-4-2-11-22-18(16)10-13-26(14)21;1-2/h2-5,7,9-13H,6,8H2,1H3;1-2H3. The van der Waals surface area contributed by atoms with E-state index in [4.69, 9.17) is 9.97 Å². The van der Waals surface area contributed by atoms with E-state index >= 15 is 0 Å². The summed E-state index contributed by atoms with van der Waals surface area (Å²) in [6.07, 6.45) is 7.37. The third-order valence-electron chi connectivity index (χ3n) is 4.84. The maximum atomic E-state index is 4.90. The number of nitrogens with zero attached hydrogens (tertiary/aromatic N) is 5. The molecule has 5 heteroatoms. The molecule has 0 N–H and O–H groups in total. The second-order valence-corrected chi connectivity index (χ2v) is 6.43. The Balaban J connectivity index is 0.000000932. The van der Waals surface area contributed by atoms with Crippen LogP contribution in [0, 0.1) is 6.92 Å². The van der Waals surface area contributed by atoms with E-state index in [9.17, 15) is 0 Å². The second-order valence-electron chi connectivity index (χ2n) is 6.43. The number of pyridine rings is 4. The average Bonchev–Trinajstić information content (AvgIpc) is 3.09. The highest BCUT2D eigenvalue weighted by Crippen LogP contribution is 2.21. The van der Waals surface area contributed by atoms with Crippen LogP contribution in [-0.2, 0) is 12.8 Å². The van der Waals surface area contributed by atoms with Crippen molar-refractivity contribution in [2.45, 2.75) is 33.6 Å². The lowest BCUT2D eigenvalue weighted by molar-refractivity contribution is 0.884. The second kappa shape index (κ2) is 7.72. The number of hydrogen-bond acceptors (Lipinski definition) is 4. The van der Waals surface area contributed by atoms with E-state index in [1.165, 1.54) is 5.69 Å². The quantitative estimate of drug-likeness (QED) is 0.452. The molecule has 140 valence electrons. The van der Waals surface area contributed by atoms with E-state index in [0.29, 0.717) is 0 Å². The lowest BCUT2D eigenvalue weighted by Crippen LogP contribution is -1.97. The van der Waals surface area contributed by atoms with Gasteiger partial charge in [0.15, 0.2) is 0 Å². The van der Waals surface area contributed by atoms with E-state index in [1.807, 2.05) is 50.4 Å². The molecule has 0 amide bonds. The van der Waals surface area contributed by atoms with Gasteiger partial charge in [-0.15, -0.1) is 0 Å². The SMILES string of the molecule is CC.Cc1c(CCc2ccc3ncccc3n2)nc2c3cccnc3ccn12. The third kappa shape index (κ3) is 3.20. The highest BCUT2D eigenvalue weighted by molar-refractivity contribution is 5.91. The zero-order valence-corrected chi connectivity index (χ0v) is 16.4. The van der Waals surface area contributed by atoms with Crippen LogP contribution >= 0.6 is 0 Å². The minimum absolute atomic E-state index is 0.853. The predicted octanol–water partition coefficient (Wildman–Crippen LogP) is 4.95. The molecule has 0 fully saturated rings. The van der Waals surface area contributed by atoms with Crippen molar-refractivity contribution in [3.05, 3.63) is 78.1 Å². The summed E-state index contributed by atoms with van der Waals surface area (Å²) in [5, 5.41) is 1.08. The third-order valence-corrected chi connectivity index (χ3v) is 4.84. The Labute approximate surface area is 164 Å². The molecule has 5 rings (SSSR count). The summed E-state index contributed by atoms with van der Waals surface area (Å²) in [6, 6.07) is 14.1. The van der Waals surface area contributed by atoms with Crippen molar-refractivity contribution in [3.63, 3.8) is 0 Å². The molecule has 0 aliphatic rings. The monoisotopic (exact) mass is 369 g/mol. The predicted molar refractivity (Wildman–Crippen MR) is 114 cm³/mol. The molecule has 0 saturated carbocycles. The van der Waals surface area contributed by atoms with E-state index in [2.05, 4.69) is 39.6 Å². The smallest absolute Gasteiger partial charge is 0.146 e.